The van der Waals surface area contributed by atoms with Gasteiger partial charge in [-0.3, -0.25) is 15.0 Å². The first-order valence-corrected chi connectivity index (χ1v) is 3.30. The summed E-state index contributed by atoms with van der Waals surface area (Å²) in [5.41, 5.74) is -0.307. The molecule has 0 unspecified atom stereocenters. The summed E-state index contributed by atoms with van der Waals surface area (Å²) >= 11 is 0. The van der Waals surface area contributed by atoms with E-state index in [-0.39, 0.29) is 11.3 Å². The normalized spacial score (nSPS) is 10.0. The van der Waals surface area contributed by atoms with Crippen molar-refractivity contribution in [3.8, 4) is 11.6 Å². The molecule has 0 radical (unpaired) electrons. The van der Waals surface area contributed by atoms with Crippen molar-refractivity contribution in [1.29, 1.82) is 0 Å². The van der Waals surface area contributed by atoms with Gasteiger partial charge in [-0.05, 0) is 0 Å². The first kappa shape index (κ1) is 6.71. The Hall–Kier alpha value is -1.98. The number of nitrogens with zero attached hydrogens (tertiary/aromatic N) is 1. The third kappa shape index (κ3) is 1.09. The third-order valence-corrected chi connectivity index (χ3v) is 1.30. The highest BCUT2D eigenvalue weighted by Crippen LogP contribution is 2.11. The average molecular weight is 166 g/mol. The molecule has 0 aliphatic heterocycles. The van der Waals surface area contributed by atoms with Gasteiger partial charge in [0.2, 0.25) is 11.6 Å². The molecule has 2 rings (SSSR count). The Morgan fingerprint density at radius 1 is 1.50 bits per heavy atom. The second-order valence-electron chi connectivity index (χ2n) is 2.12. The van der Waals surface area contributed by atoms with E-state index in [2.05, 4.69) is 20.4 Å². The SMILES string of the molecule is O=c1[nH][nH]cc1Oc1cc[nH]n1. The van der Waals surface area contributed by atoms with E-state index in [0.717, 1.165) is 0 Å². The number of rotatable bonds is 2. The van der Waals surface area contributed by atoms with Crippen LogP contribution in [0, 0.1) is 0 Å². The summed E-state index contributed by atoms with van der Waals surface area (Å²) in [4.78, 5) is 10.9. The lowest BCUT2D eigenvalue weighted by Crippen LogP contribution is -2.01. The van der Waals surface area contributed by atoms with Crippen LogP contribution in [0.5, 0.6) is 11.6 Å². The molecule has 0 atom stereocenters. The van der Waals surface area contributed by atoms with Gasteiger partial charge in [-0.25, -0.2) is 0 Å². The minimum absolute atomic E-state index is 0.196. The lowest BCUT2D eigenvalue weighted by molar-refractivity contribution is 0.457. The fourth-order valence-electron chi connectivity index (χ4n) is 0.786. The number of nitrogens with one attached hydrogen (secondary N) is 3. The number of ether oxygens (including phenoxy) is 1. The first-order valence-electron chi connectivity index (χ1n) is 3.30. The topological polar surface area (TPSA) is 86.6 Å². The highest BCUT2D eigenvalue weighted by molar-refractivity contribution is 5.19. The summed E-state index contributed by atoms with van der Waals surface area (Å²) < 4.78 is 5.07. The smallest absolute Gasteiger partial charge is 0.306 e. The highest BCUT2D eigenvalue weighted by atomic mass is 16.5. The molecule has 2 heterocycles. The van der Waals surface area contributed by atoms with Crippen LogP contribution < -0.4 is 10.3 Å². The van der Waals surface area contributed by atoms with E-state index < -0.39 is 0 Å². The maximum Gasteiger partial charge on any atom is 0.306 e. The molecule has 3 N–H and O–H groups in total. The molecule has 62 valence electrons. The molecule has 0 bridgehead atoms. The molecule has 2 aromatic heterocycles. The standard InChI is InChI=1S/C6H6N4O2/c11-6-4(3-8-10-6)12-5-1-2-7-9-5/h1-3H,(H,7,9)(H2,8,10,11). The molecule has 6 heteroatoms. The van der Waals surface area contributed by atoms with E-state index >= 15 is 0 Å². The van der Waals surface area contributed by atoms with Crippen molar-refractivity contribution in [2.24, 2.45) is 0 Å². The first-order chi connectivity index (χ1) is 5.86. The van der Waals surface area contributed by atoms with Crippen LogP contribution in [-0.2, 0) is 0 Å². The molecular weight excluding hydrogens is 160 g/mol. The Bertz CT molecular complexity index is 399. The largest absolute Gasteiger partial charge is 0.430 e. The highest BCUT2D eigenvalue weighted by Gasteiger charge is 2.03. The summed E-state index contributed by atoms with van der Waals surface area (Å²) in [7, 11) is 0. The van der Waals surface area contributed by atoms with Crippen LogP contribution in [0.1, 0.15) is 0 Å². The number of aromatic nitrogens is 4. The molecule has 0 amide bonds. The van der Waals surface area contributed by atoms with E-state index in [1.165, 1.54) is 6.20 Å². The minimum atomic E-state index is -0.307. The van der Waals surface area contributed by atoms with Crippen molar-refractivity contribution in [2.45, 2.75) is 0 Å². The molecule has 6 nitrogen and oxygen atoms in total. The molecule has 12 heavy (non-hydrogen) atoms. The zero-order valence-electron chi connectivity index (χ0n) is 6.00. The second-order valence-corrected chi connectivity index (χ2v) is 2.12. The Labute approximate surface area is 66.6 Å². The van der Waals surface area contributed by atoms with Gasteiger partial charge in [0, 0.05) is 12.3 Å². The van der Waals surface area contributed by atoms with Crippen molar-refractivity contribution in [3.05, 3.63) is 28.8 Å². The van der Waals surface area contributed by atoms with Crippen LogP contribution in [-0.4, -0.2) is 20.4 Å². The van der Waals surface area contributed by atoms with Gasteiger partial charge >= 0.3 is 5.56 Å². The Kier molecular flexibility index (Phi) is 1.44. The van der Waals surface area contributed by atoms with E-state index in [1.54, 1.807) is 12.3 Å². The molecule has 0 saturated heterocycles. The maximum atomic E-state index is 10.9. The summed E-state index contributed by atoms with van der Waals surface area (Å²) in [5.74, 6) is 0.558. The quantitative estimate of drug-likeness (QED) is 0.596. The molecule has 0 aliphatic rings. The van der Waals surface area contributed by atoms with Gasteiger partial charge in [-0.15, -0.1) is 5.10 Å². The Morgan fingerprint density at radius 2 is 2.42 bits per heavy atom. The van der Waals surface area contributed by atoms with Crippen LogP contribution >= 0.6 is 0 Å². The molecule has 0 aliphatic carbocycles. The zero-order valence-corrected chi connectivity index (χ0v) is 6.00. The average Bonchev–Trinajstić information content (AvgIpc) is 2.65. The van der Waals surface area contributed by atoms with E-state index in [1.807, 2.05) is 0 Å². The van der Waals surface area contributed by atoms with Crippen molar-refractivity contribution in [2.75, 3.05) is 0 Å². The molecule has 0 fully saturated rings. The molecule has 0 spiro atoms. The minimum Gasteiger partial charge on any atom is -0.430 e. The van der Waals surface area contributed by atoms with Gasteiger partial charge in [-0.1, -0.05) is 0 Å². The van der Waals surface area contributed by atoms with Crippen LogP contribution in [0.3, 0.4) is 0 Å². The van der Waals surface area contributed by atoms with Crippen LogP contribution in [0.2, 0.25) is 0 Å². The van der Waals surface area contributed by atoms with Crippen LogP contribution in [0.4, 0.5) is 0 Å². The Balaban J connectivity index is 2.25. The summed E-state index contributed by atoms with van der Waals surface area (Å²) in [6, 6.07) is 1.62. The molecule has 0 saturated carbocycles. The molecular formula is C6H6N4O2. The predicted octanol–water partition coefficient (Wildman–Crippen LogP) is 0.218. The van der Waals surface area contributed by atoms with Crippen molar-refractivity contribution < 1.29 is 4.74 Å². The van der Waals surface area contributed by atoms with E-state index in [4.69, 9.17) is 4.74 Å². The van der Waals surface area contributed by atoms with Crippen LogP contribution in [0.15, 0.2) is 23.3 Å². The summed E-state index contributed by atoms with van der Waals surface area (Å²) in [6.07, 6.45) is 3.03. The number of H-pyrrole nitrogens is 3. The lowest BCUT2D eigenvalue weighted by Gasteiger charge is -1.92. The van der Waals surface area contributed by atoms with Crippen molar-refractivity contribution >= 4 is 0 Å². The van der Waals surface area contributed by atoms with Crippen LogP contribution in [0.25, 0.3) is 0 Å². The van der Waals surface area contributed by atoms with Gasteiger partial charge in [-0.2, -0.15) is 0 Å². The van der Waals surface area contributed by atoms with Crippen molar-refractivity contribution in [3.63, 3.8) is 0 Å². The number of hydrogen-bond donors (Lipinski definition) is 3. The van der Waals surface area contributed by atoms with Gasteiger partial charge in [0.15, 0.2) is 0 Å². The Morgan fingerprint density at radius 3 is 3.00 bits per heavy atom. The van der Waals surface area contributed by atoms with Gasteiger partial charge in [0.1, 0.15) is 0 Å². The van der Waals surface area contributed by atoms with Gasteiger partial charge < -0.3 is 9.84 Å². The fourth-order valence-corrected chi connectivity index (χ4v) is 0.786. The zero-order chi connectivity index (χ0) is 8.39. The summed E-state index contributed by atoms with van der Waals surface area (Å²) in [6.45, 7) is 0. The lowest BCUT2D eigenvalue weighted by atomic mass is 10.6. The fraction of sp³-hybridized carbons (Fsp3) is 0. The van der Waals surface area contributed by atoms with E-state index in [9.17, 15) is 4.79 Å². The second kappa shape index (κ2) is 2.57. The number of aromatic amines is 3. The monoisotopic (exact) mass is 166 g/mol. The predicted molar refractivity (Wildman–Crippen MR) is 40.1 cm³/mol. The molecule has 0 aromatic carbocycles. The van der Waals surface area contributed by atoms with Crippen molar-refractivity contribution in [1.82, 2.24) is 20.4 Å². The van der Waals surface area contributed by atoms with Gasteiger partial charge in [0.05, 0.1) is 6.20 Å². The molecule has 2 aromatic rings. The summed E-state index contributed by atoms with van der Waals surface area (Å²) in [5, 5.41) is 11.1. The third-order valence-electron chi connectivity index (χ3n) is 1.30. The number of hydrogen-bond acceptors (Lipinski definition) is 3. The van der Waals surface area contributed by atoms with Gasteiger partial charge in [0.25, 0.3) is 0 Å². The van der Waals surface area contributed by atoms with E-state index in [0.29, 0.717) is 5.88 Å². The maximum absolute atomic E-state index is 10.9.